The Balaban J connectivity index is 2.25. The minimum Gasteiger partial charge on any atom is -0.298 e. The second-order valence-corrected chi connectivity index (χ2v) is 5.69. The lowest BCUT2D eigenvalue weighted by Crippen LogP contribution is -2.17. The van der Waals surface area contributed by atoms with Gasteiger partial charge in [-0.2, -0.15) is 0 Å². The van der Waals surface area contributed by atoms with Crippen LogP contribution in [0.5, 0.6) is 0 Å². The molecule has 0 saturated carbocycles. The molecule has 3 rings (SSSR count). The Bertz CT molecular complexity index is 912. The van der Waals surface area contributed by atoms with Crippen LogP contribution in [0.15, 0.2) is 57.9 Å². The third-order valence-electron chi connectivity index (χ3n) is 3.59. The molecule has 0 aliphatic heterocycles. The second-order valence-electron chi connectivity index (χ2n) is 4.83. The van der Waals surface area contributed by atoms with Crippen LogP contribution in [0.4, 0.5) is 0 Å². The van der Waals surface area contributed by atoms with E-state index in [0.717, 1.165) is 26.7 Å². The highest BCUT2D eigenvalue weighted by Gasteiger charge is 2.07. The van der Waals surface area contributed by atoms with Crippen LogP contribution in [-0.4, -0.2) is 10.7 Å². The number of aldehydes is 1. The predicted octanol–water partition coefficient (Wildman–Crippen LogP) is 3.85. The van der Waals surface area contributed by atoms with Gasteiger partial charge in [0, 0.05) is 16.2 Å². The number of nitrogens with zero attached hydrogens (tertiary/aromatic N) is 1. The maximum absolute atomic E-state index is 12.1. The number of fused-ring (bicyclic) bond motifs is 1. The Morgan fingerprint density at radius 3 is 2.71 bits per heavy atom. The van der Waals surface area contributed by atoms with E-state index in [0.29, 0.717) is 6.29 Å². The second kappa shape index (κ2) is 5.30. The summed E-state index contributed by atoms with van der Waals surface area (Å²) in [6, 6.07) is 13.2. The summed E-state index contributed by atoms with van der Waals surface area (Å²) in [6.45, 7) is 2.05. The van der Waals surface area contributed by atoms with Crippen molar-refractivity contribution in [3.63, 3.8) is 0 Å². The number of halogens is 1. The topological polar surface area (TPSA) is 38.5 Å². The number of pyridine rings is 2. The number of aromatic nitrogens is 1. The van der Waals surface area contributed by atoms with Crippen molar-refractivity contribution in [3.8, 4) is 11.1 Å². The molecule has 0 spiro atoms. The molecule has 0 unspecified atom stereocenters. The first-order chi connectivity index (χ1) is 10.1. The number of carbonyl (C=O) groups excluding carboxylic acids is 1. The van der Waals surface area contributed by atoms with Crippen molar-refractivity contribution < 1.29 is 4.79 Å². The molecule has 2 heterocycles. The monoisotopic (exact) mass is 341 g/mol. The zero-order chi connectivity index (χ0) is 15.0. The van der Waals surface area contributed by atoms with Gasteiger partial charge in [-0.25, -0.2) is 0 Å². The van der Waals surface area contributed by atoms with Crippen molar-refractivity contribution in [1.29, 1.82) is 0 Å². The molecule has 1 aromatic carbocycles. The summed E-state index contributed by atoms with van der Waals surface area (Å²) in [6.07, 6.45) is 2.29. The predicted molar refractivity (Wildman–Crippen MR) is 86.9 cm³/mol. The van der Waals surface area contributed by atoms with E-state index in [1.165, 1.54) is 4.40 Å². The van der Waals surface area contributed by atoms with E-state index in [9.17, 15) is 9.59 Å². The molecule has 21 heavy (non-hydrogen) atoms. The average molecular weight is 342 g/mol. The van der Waals surface area contributed by atoms with Gasteiger partial charge < -0.3 is 0 Å². The van der Waals surface area contributed by atoms with E-state index in [1.54, 1.807) is 18.3 Å². The summed E-state index contributed by atoms with van der Waals surface area (Å²) < 4.78 is 2.54. The molecule has 3 nitrogen and oxygen atoms in total. The van der Waals surface area contributed by atoms with Crippen molar-refractivity contribution in [2.75, 3.05) is 0 Å². The van der Waals surface area contributed by atoms with Crippen molar-refractivity contribution >= 4 is 27.7 Å². The highest BCUT2D eigenvalue weighted by atomic mass is 79.9. The zero-order valence-corrected chi connectivity index (χ0v) is 12.9. The molecular weight excluding hydrogens is 330 g/mol. The molecule has 0 amide bonds. The number of hydrogen-bond acceptors (Lipinski definition) is 2. The normalized spacial score (nSPS) is 10.8. The van der Waals surface area contributed by atoms with Gasteiger partial charge in [-0.3, -0.25) is 14.0 Å². The van der Waals surface area contributed by atoms with Crippen LogP contribution in [0.25, 0.3) is 16.6 Å². The summed E-state index contributed by atoms with van der Waals surface area (Å²) in [5.41, 5.74) is 3.93. The molecule has 0 atom stereocenters. The van der Waals surface area contributed by atoms with Crippen molar-refractivity contribution in [2.45, 2.75) is 6.92 Å². The molecule has 0 saturated heterocycles. The third kappa shape index (κ3) is 2.32. The molecule has 0 fully saturated rings. The summed E-state index contributed by atoms with van der Waals surface area (Å²) in [7, 11) is 0. The number of carbonyl (C=O) groups is 1. The van der Waals surface area contributed by atoms with Gasteiger partial charge in [0.1, 0.15) is 0 Å². The van der Waals surface area contributed by atoms with Crippen molar-refractivity contribution in [1.82, 2.24) is 4.40 Å². The van der Waals surface area contributed by atoms with E-state index in [2.05, 4.69) is 15.9 Å². The fraction of sp³-hybridized carbons (Fsp3) is 0.0588. The number of benzene rings is 1. The van der Waals surface area contributed by atoms with Crippen LogP contribution in [0.3, 0.4) is 0 Å². The van der Waals surface area contributed by atoms with E-state index < -0.39 is 0 Å². The highest BCUT2D eigenvalue weighted by molar-refractivity contribution is 9.10. The molecule has 104 valence electrons. The summed E-state index contributed by atoms with van der Waals surface area (Å²) in [4.78, 5) is 22.9. The molecular formula is C17H12BrNO2. The lowest BCUT2D eigenvalue weighted by Gasteiger charge is -2.09. The standard InChI is InChI=1S/C17H12BrNO2/c1-11-15(3-2-4-16(11)18)12-7-8-19-14(9-12)6-5-13(10-20)17(19)21/h2-10H,1H3. The van der Waals surface area contributed by atoms with E-state index in [1.807, 2.05) is 37.3 Å². The third-order valence-corrected chi connectivity index (χ3v) is 4.45. The molecule has 0 aliphatic rings. The Hall–Kier alpha value is -2.20. The SMILES string of the molecule is Cc1c(Br)cccc1-c1ccn2c(=O)c(C=O)ccc2c1. The van der Waals surface area contributed by atoms with E-state index >= 15 is 0 Å². The fourth-order valence-corrected chi connectivity index (χ4v) is 2.76. The molecule has 2 aromatic heterocycles. The smallest absolute Gasteiger partial charge is 0.265 e. The molecule has 3 aromatic rings. The Morgan fingerprint density at radius 1 is 1.14 bits per heavy atom. The van der Waals surface area contributed by atoms with Gasteiger partial charge >= 0.3 is 0 Å². The van der Waals surface area contributed by atoms with Gasteiger partial charge in [0.05, 0.1) is 5.56 Å². The molecule has 0 N–H and O–H groups in total. The van der Waals surface area contributed by atoms with Crippen molar-refractivity contribution in [3.05, 3.63) is 74.6 Å². The highest BCUT2D eigenvalue weighted by Crippen LogP contribution is 2.29. The van der Waals surface area contributed by atoms with Gasteiger partial charge in [-0.05, 0) is 53.9 Å². The molecule has 0 radical (unpaired) electrons. The lowest BCUT2D eigenvalue weighted by atomic mass is 10.0. The average Bonchev–Trinajstić information content (AvgIpc) is 2.50. The number of hydrogen-bond donors (Lipinski definition) is 0. The maximum Gasteiger partial charge on any atom is 0.265 e. The van der Waals surface area contributed by atoms with Gasteiger partial charge in [0.15, 0.2) is 6.29 Å². The summed E-state index contributed by atoms with van der Waals surface area (Å²) in [5, 5.41) is 0. The Kier molecular flexibility index (Phi) is 3.47. The van der Waals surface area contributed by atoms with Crippen LogP contribution in [-0.2, 0) is 0 Å². The largest absolute Gasteiger partial charge is 0.298 e. The van der Waals surface area contributed by atoms with Crippen LogP contribution < -0.4 is 5.56 Å². The van der Waals surface area contributed by atoms with E-state index in [4.69, 9.17) is 0 Å². The van der Waals surface area contributed by atoms with Crippen LogP contribution in [0.1, 0.15) is 15.9 Å². The summed E-state index contributed by atoms with van der Waals surface area (Å²) >= 11 is 3.53. The Morgan fingerprint density at radius 2 is 1.95 bits per heavy atom. The van der Waals surface area contributed by atoms with E-state index in [-0.39, 0.29) is 11.1 Å². The quantitative estimate of drug-likeness (QED) is 0.664. The van der Waals surface area contributed by atoms with Gasteiger partial charge in [0.2, 0.25) is 0 Å². The first kappa shape index (κ1) is 13.8. The molecule has 4 heteroatoms. The van der Waals surface area contributed by atoms with Crippen LogP contribution in [0, 0.1) is 6.92 Å². The number of rotatable bonds is 2. The molecule has 0 bridgehead atoms. The lowest BCUT2D eigenvalue weighted by molar-refractivity contribution is 0.112. The van der Waals surface area contributed by atoms with Crippen molar-refractivity contribution in [2.24, 2.45) is 0 Å². The maximum atomic E-state index is 12.1. The zero-order valence-electron chi connectivity index (χ0n) is 11.3. The minimum absolute atomic E-state index is 0.166. The first-order valence-electron chi connectivity index (χ1n) is 6.48. The van der Waals surface area contributed by atoms with Gasteiger partial charge in [-0.15, -0.1) is 0 Å². The fourth-order valence-electron chi connectivity index (χ4n) is 2.39. The Labute approximate surface area is 130 Å². The van der Waals surface area contributed by atoms with Gasteiger partial charge in [0.25, 0.3) is 5.56 Å². The van der Waals surface area contributed by atoms with Crippen LogP contribution in [0.2, 0.25) is 0 Å². The van der Waals surface area contributed by atoms with Crippen LogP contribution >= 0.6 is 15.9 Å². The van der Waals surface area contributed by atoms with Gasteiger partial charge in [-0.1, -0.05) is 28.1 Å². The minimum atomic E-state index is -0.292. The first-order valence-corrected chi connectivity index (χ1v) is 7.27. The summed E-state index contributed by atoms with van der Waals surface area (Å²) in [5.74, 6) is 0. The molecule has 0 aliphatic carbocycles.